The Bertz CT molecular complexity index is 1170. The highest BCUT2D eigenvalue weighted by molar-refractivity contribution is 9.10. The second-order valence-corrected chi connectivity index (χ2v) is 7.66. The number of rotatable bonds is 4. The highest BCUT2D eigenvalue weighted by Crippen LogP contribution is 2.42. The van der Waals surface area contributed by atoms with E-state index in [2.05, 4.69) is 21.1 Å². The Kier molecular flexibility index (Phi) is 5.17. The molecule has 0 spiro atoms. The van der Waals surface area contributed by atoms with E-state index in [1.165, 1.54) is 12.0 Å². The van der Waals surface area contributed by atoms with Crippen molar-refractivity contribution in [2.24, 2.45) is 0 Å². The number of carbonyl (C=O) groups is 2. The zero-order valence-corrected chi connectivity index (χ0v) is 17.7. The minimum absolute atomic E-state index is 0.0313. The van der Waals surface area contributed by atoms with Gasteiger partial charge in [0.2, 0.25) is 0 Å². The third-order valence-electron chi connectivity index (χ3n) is 4.83. The molecule has 1 atom stereocenters. The second kappa shape index (κ2) is 7.79. The van der Waals surface area contributed by atoms with E-state index in [4.69, 9.17) is 9.26 Å². The lowest BCUT2D eigenvalue weighted by Gasteiger charge is -2.23. The lowest BCUT2D eigenvalue weighted by atomic mass is 9.95. The van der Waals surface area contributed by atoms with E-state index in [1.807, 2.05) is 0 Å². The van der Waals surface area contributed by atoms with Crippen LogP contribution in [-0.2, 0) is 9.59 Å². The quantitative estimate of drug-likeness (QED) is 0.347. The van der Waals surface area contributed by atoms with Crippen LogP contribution in [0.2, 0.25) is 0 Å². The molecule has 1 N–H and O–H groups in total. The maximum Gasteiger partial charge on any atom is 0.301 e. The molecule has 3 aromatic rings. The van der Waals surface area contributed by atoms with E-state index in [1.54, 1.807) is 61.5 Å². The molecule has 1 amide bonds. The maximum atomic E-state index is 13.0. The number of Topliss-reactive ketones (excluding diaryl/α,β-unsaturated/α-hetero) is 1. The summed E-state index contributed by atoms with van der Waals surface area (Å²) in [6, 6.07) is 14.5. The number of aryl methyl sites for hydroxylation is 1. The second-order valence-electron chi connectivity index (χ2n) is 6.75. The van der Waals surface area contributed by atoms with E-state index in [-0.39, 0.29) is 17.2 Å². The van der Waals surface area contributed by atoms with Crippen LogP contribution in [-0.4, -0.2) is 29.1 Å². The average molecular weight is 469 g/mol. The Morgan fingerprint density at radius 2 is 1.90 bits per heavy atom. The van der Waals surface area contributed by atoms with Gasteiger partial charge in [0, 0.05) is 16.1 Å². The molecule has 2 heterocycles. The summed E-state index contributed by atoms with van der Waals surface area (Å²) in [6.45, 7) is 1.69. The number of hydrogen-bond donors (Lipinski definition) is 1. The van der Waals surface area contributed by atoms with Crippen LogP contribution < -0.4 is 9.64 Å². The molecule has 0 aliphatic carbocycles. The standard InChI is InChI=1S/C22H17BrN2O5/c1-12-10-17(24-30-12)25-19(14-4-3-5-16(11-14)29-2)18(21(27)22(25)28)20(26)13-6-8-15(23)9-7-13/h3-11,19,26H,1-2H3/b20-18+/t19-/m0/s1. The third kappa shape index (κ3) is 3.39. The number of anilines is 1. The summed E-state index contributed by atoms with van der Waals surface area (Å²) in [7, 11) is 1.53. The summed E-state index contributed by atoms with van der Waals surface area (Å²) in [6.07, 6.45) is 0. The number of carbonyl (C=O) groups excluding carboxylic acids is 2. The Balaban J connectivity index is 1.95. The summed E-state index contributed by atoms with van der Waals surface area (Å²) in [5.41, 5.74) is 0.976. The number of aliphatic hydroxyl groups is 1. The van der Waals surface area contributed by atoms with Crippen LogP contribution in [0.1, 0.15) is 22.9 Å². The number of methoxy groups -OCH3 is 1. The molecule has 1 saturated heterocycles. The van der Waals surface area contributed by atoms with Crippen molar-refractivity contribution in [2.75, 3.05) is 12.0 Å². The zero-order valence-electron chi connectivity index (χ0n) is 16.1. The van der Waals surface area contributed by atoms with Crippen LogP contribution in [0.5, 0.6) is 5.75 Å². The van der Waals surface area contributed by atoms with Gasteiger partial charge in [-0.25, -0.2) is 0 Å². The number of halogens is 1. The molecule has 2 aromatic carbocycles. The first-order valence-corrected chi connectivity index (χ1v) is 9.84. The van der Waals surface area contributed by atoms with Crippen molar-refractivity contribution < 1.29 is 24.0 Å². The van der Waals surface area contributed by atoms with Gasteiger partial charge in [0.05, 0.1) is 18.7 Å². The summed E-state index contributed by atoms with van der Waals surface area (Å²) in [5.74, 6) is -0.630. The fourth-order valence-electron chi connectivity index (χ4n) is 3.43. The van der Waals surface area contributed by atoms with Crippen molar-refractivity contribution >= 4 is 39.2 Å². The van der Waals surface area contributed by atoms with Crippen LogP contribution in [0, 0.1) is 6.92 Å². The number of aliphatic hydroxyl groups excluding tert-OH is 1. The van der Waals surface area contributed by atoms with E-state index in [0.29, 0.717) is 22.6 Å². The van der Waals surface area contributed by atoms with Crippen molar-refractivity contribution in [3.05, 3.63) is 81.5 Å². The molecule has 1 aliphatic heterocycles. The number of benzene rings is 2. The van der Waals surface area contributed by atoms with Gasteiger partial charge in [-0.15, -0.1) is 0 Å². The van der Waals surface area contributed by atoms with Crippen molar-refractivity contribution in [2.45, 2.75) is 13.0 Å². The van der Waals surface area contributed by atoms with Gasteiger partial charge < -0.3 is 14.4 Å². The Morgan fingerprint density at radius 3 is 2.53 bits per heavy atom. The molecular weight excluding hydrogens is 452 g/mol. The van der Waals surface area contributed by atoms with Crippen LogP contribution in [0.4, 0.5) is 5.82 Å². The molecule has 4 rings (SSSR count). The highest BCUT2D eigenvalue weighted by atomic mass is 79.9. The van der Waals surface area contributed by atoms with Crippen molar-refractivity contribution in [3.63, 3.8) is 0 Å². The molecule has 30 heavy (non-hydrogen) atoms. The van der Waals surface area contributed by atoms with E-state index in [9.17, 15) is 14.7 Å². The van der Waals surface area contributed by atoms with Gasteiger partial charge >= 0.3 is 5.91 Å². The number of aromatic nitrogens is 1. The zero-order chi connectivity index (χ0) is 21.4. The molecule has 7 nitrogen and oxygen atoms in total. The van der Waals surface area contributed by atoms with Gasteiger partial charge in [-0.3, -0.25) is 14.5 Å². The van der Waals surface area contributed by atoms with Crippen LogP contribution in [0.15, 0.2) is 69.2 Å². The molecule has 0 saturated carbocycles. The van der Waals surface area contributed by atoms with E-state index < -0.39 is 17.7 Å². The van der Waals surface area contributed by atoms with Gasteiger partial charge in [0.15, 0.2) is 5.82 Å². The molecule has 0 radical (unpaired) electrons. The molecular formula is C22H17BrN2O5. The monoisotopic (exact) mass is 468 g/mol. The fourth-order valence-corrected chi connectivity index (χ4v) is 3.69. The fraction of sp³-hybridized carbons (Fsp3) is 0.136. The topological polar surface area (TPSA) is 92.9 Å². The lowest BCUT2D eigenvalue weighted by Crippen LogP contribution is -2.29. The summed E-state index contributed by atoms with van der Waals surface area (Å²) < 4.78 is 11.2. The van der Waals surface area contributed by atoms with Gasteiger partial charge in [-0.05, 0) is 36.8 Å². The first-order chi connectivity index (χ1) is 14.4. The Hall–Kier alpha value is -3.39. The van der Waals surface area contributed by atoms with Crippen LogP contribution in [0.25, 0.3) is 5.76 Å². The van der Waals surface area contributed by atoms with Crippen molar-refractivity contribution in [1.82, 2.24) is 5.16 Å². The normalized spacial score (nSPS) is 18.1. The van der Waals surface area contributed by atoms with Crippen molar-refractivity contribution in [3.8, 4) is 5.75 Å². The molecule has 152 valence electrons. The first-order valence-electron chi connectivity index (χ1n) is 9.05. The average Bonchev–Trinajstić information content (AvgIpc) is 3.29. The number of ketones is 1. The number of nitrogens with zero attached hydrogens (tertiary/aromatic N) is 2. The summed E-state index contributed by atoms with van der Waals surface area (Å²) in [5, 5.41) is 14.9. The first kappa shape index (κ1) is 19.9. The molecule has 0 bridgehead atoms. The minimum atomic E-state index is -0.895. The van der Waals surface area contributed by atoms with Gasteiger partial charge in [0.1, 0.15) is 17.3 Å². The van der Waals surface area contributed by atoms with Gasteiger partial charge in [0.25, 0.3) is 5.78 Å². The van der Waals surface area contributed by atoms with Crippen molar-refractivity contribution in [1.29, 1.82) is 0 Å². The molecule has 0 unspecified atom stereocenters. The molecule has 1 aromatic heterocycles. The third-order valence-corrected chi connectivity index (χ3v) is 5.36. The molecule has 1 aliphatic rings. The predicted octanol–water partition coefficient (Wildman–Crippen LogP) is 4.38. The number of ether oxygens (including phenoxy) is 1. The molecule has 1 fully saturated rings. The summed E-state index contributed by atoms with van der Waals surface area (Å²) >= 11 is 3.35. The largest absolute Gasteiger partial charge is 0.507 e. The van der Waals surface area contributed by atoms with Gasteiger partial charge in [-0.2, -0.15) is 0 Å². The SMILES string of the molecule is COc1cccc([C@H]2/C(=C(\O)c3ccc(Br)cc3)C(=O)C(=O)N2c2cc(C)on2)c1. The van der Waals surface area contributed by atoms with Crippen LogP contribution >= 0.6 is 15.9 Å². The number of hydrogen-bond acceptors (Lipinski definition) is 6. The van der Waals surface area contributed by atoms with Gasteiger partial charge in [-0.1, -0.05) is 45.4 Å². The smallest absolute Gasteiger partial charge is 0.301 e. The van der Waals surface area contributed by atoms with E-state index >= 15 is 0 Å². The minimum Gasteiger partial charge on any atom is -0.507 e. The molecule has 8 heteroatoms. The Labute approximate surface area is 180 Å². The highest BCUT2D eigenvalue weighted by Gasteiger charge is 2.48. The predicted molar refractivity (Wildman–Crippen MR) is 113 cm³/mol. The van der Waals surface area contributed by atoms with Crippen LogP contribution in [0.3, 0.4) is 0 Å². The Morgan fingerprint density at radius 1 is 1.17 bits per heavy atom. The van der Waals surface area contributed by atoms with E-state index in [0.717, 1.165) is 4.47 Å². The maximum absolute atomic E-state index is 13.0. The number of amides is 1. The lowest BCUT2D eigenvalue weighted by molar-refractivity contribution is -0.132. The summed E-state index contributed by atoms with van der Waals surface area (Å²) in [4.78, 5) is 27.2.